The first-order chi connectivity index (χ1) is 9.05. The average Bonchev–Trinajstić information content (AvgIpc) is 3.18. The second kappa shape index (κ2) is 4.50. The van der Waals surface area contributed by atoms with Crippen molar-refractivity contribution >= 4 is 17.5 Å². The summed E-state index contributed by atoms with van der Waals surface area (Å²) in [6.07, 6.45) is 2.99. The fourth-order valence-electron chi connectivity index (χ4n) is 2.74. The molecule has 2 aliphatic rings. The molecule has 1 aliphatic carbocycles. The largest absolute Gasteiger partial charge is 0.318 e. The van der Waals surface area contributed by atoms with Gasteiger partial charge in [0, 0.05) is 11.1 Å². The molecule has 1 aromatic carbocycles. The molecule has 19 heavy (non-hydrogen) atoms. The standard InChI is InChI=1S/C15H19ClN2O/c1-3-15(2)14(19)18(12-7-8-12)13(17-15)10-5-4-6-11(16)9-10/h4-6,9,12-13,17H,3,7-8H2,1-2H3. The van der Waals surface area contributed by atoms with Crippen molar-refractivity contribution in [3.05, 3.63) is 34.9 Å². The summed E-state index contributed by atoms with van der Waals surface area (Å²) < 4.78 is 0. The summed E-state index contributed by atoms with van der Waals surface area (Å²) in [4.78, 5) is 14.7. The van der Waals surface area contributed by atoms with E-state index in [1.54, 1.807) is 0 Å². The number of rotatable bonds is 3. The lowest BCUT2D eigenvalue weighted by Crippen LogP contribution is -2.43. The Morgan fingerprint density at radius 2 is 2.21 bits per heavy atom. The third-order valence-electron chi connectivity index (χ3n) is 4.25. The van der Waals surface area contributed by atoms with Crippen molar-refractivity contribution < 1.29 is 4.79 Å². The van der Waals surface area contributed by atoms with Crippen LogP contribution in [0.5, 0.6) is 0 Å². The van der Waals surface area contributed by atoms with Crippen LogP contribution in [-0.2, 0) is 4.79 Å². The van der Waals surface area contributed by atoms with Crippen molar-refractivity contribution in [2.75, 3.05) is 0 Å². The molecule has 1 saturated carbocycles. The molecule has 0 bridgehead atoms. The predicted molar refractivity (Wildman–Crippen MR) is 75.9 cm³/mol. The van der Waals surface area contributed by atoms with Crippen LogP contribution in [0.15, 0.2) is 24.3 Å². The van der Waals surface area contributed by atoms with Gasteiger partial charge >= 0.3 is 0 Å². The number of nitrogens with one attached hydrogen (secondary N) is 1. The van der Waals surface area contributed by atoms with Gasteiger partial charge in [0.05, 0.1) is 5.54 Å². The molecule has 0 radical (unpaired) electrons. The Balaban J connectivity index is 1.97. The molecular weight excluding hydrogens is 260 g/mol. The third kappa shape index (κ3) is 2.15. The van der Waals surface area contributed by atoms with Crippen LogP contribution in [-0.4, -0.2) is 22.4 Å². The Hall–Kier alpha value is -1.06. The zero-order valence-corrected chi connectivity index (χ0v) is 12.1. The first-order valence-electron chi connectivity index (χ1n) is 6.91. The molecule has 1 N–H and O–H groups in total. The van der Waals surface area contributed by atoms with Gasteiger partial charge in [0.2, 0.25) is 5.91 Å². The molecule has 0 spiro atoms. The highest BCUT2D eigenvalue weighted by Crippen LogP contribution is 2.41. The summed E-state index contributed by atoms with van der Waals surface area (Å²) in [7, 11) is 0. The van der Waals surface area contributed by atoms with Crippen LogP contribution in [0.3, 0.4) is 0 Å². The summed E-state index contributed by atoms with van der Waals surface area (Å²) >= 11 is 6.08. The van der Waals surface area contributed by atoms with E-state index in [0.29, 0.717) is 11.1 Å². The summed E-state index contributed by atoms with van der Waals surface area (Å²) in [5, 5.41) is 4.21. The normalized spacial score (nSPS) is 31.0. The number of hydrogen-bond donors (Lipinski definition) is 1. The van der Waals surface area contributed by atoms with E-state index in [1.807, 2.05) is 36.1 Å². The molecule has 0 aromatic heterocycles. The lowest BCUT2D eigenvalue weighted by molar-refractivity contribution is -0.133. The highest BCUT2D eigenvalue weighted by Gasteiger charge is 2.51. The molecule has 2 fully saturated rings. The van der Waals surface area contributed by atoms with E-state index < -0.39 is 5.54 Å². The SMILES string of the molecule is CCC1(C)NC(c2cccc(Cl)c2)N(C2CC2)C1=O. The van der Waals surface area contributed by atoms with E-state index in [4.69, 9.17) is 11.6 Å². The Morgan fingerprint density at radius 3 is 2.79 bits per heavy atom. The summed E-state index contributed by atoms with van der Waals surface area (Å²) in [5.41, 5.74) is 0.625. The third-order valence-corrected chi connectivity index (χ3v) is 4.49. The molecule has 102 valence electrons. The molecule has 1 amide bonds. The van der Waals surface area contributed by atoms with E-state index in [0.717, 1.165) is 24.8 Å². The second-order valence-electron chi connectivity index (χ2n) is 5.73. The van der Waals surface area contributed by atoms with Crippen LogP contribution in [0.25, 0.3) is 0 Å². The second-order valence-corrected chi connectivity index (χ2v) is 6.17. The van der Waals surface area contributed by atoms with Gasteiger partial charge in [0.25, 0.3) is 0 Å². The van der Waals surface area contributed by atoms with Gasteiger partial charge < -0.3 is 4.90 Å². The Morgan fingerprint density at radius 1 is 1.47 bits per heavy atom. The van der Waals surface area contributed by atoms with Gasteiger partial charge in [-0.05, 0) is 43.9 Å². The fraction of sp³-hybridized carbons (Fsp3) is 0.533. The fourth-order valence-corrected chi connectivity index (χ4v) is 2.94. The van der Waals surface area contributed by atoms with Gasteiger partial charge in [-0.15, -0.1) is 0 Å². The van der Waals surface area contributed by atoms with Gasteiger partial charge in [0.15, 0.2) is 0 Å². The first-order valence-corrected chi connectivity index (χ1v) is 7.29. The number of amides is 1. The molecule has 1 aliphatic heterocycles. The van der Waals surface area contributed by atoms with Gasteiger partial charge in [0.1, 0.15) is 6.17 Å². The number of halogens is 1. The van der Waals surface area contributed by atoms with E-state index >= 15 is 0 Å². The zero-order chi connectivity index (χ0) is 13.6. The Labute approximate surface area is 118 Å². The van der Waals surface area contributed by atoms with Crippen LogP contribution in [0.2, 0.25) is 5.02 Å². The molecule has 1 aromatic rings. The highest BCUT2D eigenvalue weighted by molar-refractivity contribution is 6.30. The number of benzene rings is 1. The minimum atomic E-state index is -0.449. The van der Waals surface area contributed by atoms with E-state index in [1.165, 1.54) is 0 Å². The summed E-state index contributed by atoms with van der Waals surface area (Å²) in [6, 6.07) is 8.19. The van der Waals surface area contributed by atoms with Gasteiger partial charge in [-0.1, -0.05) is 30.7 Å². The summed E-state index contributed by atoms with van der Waals surface area (Å²) in [6.45, 7) is 4.05. The van der Waals surface area contributed by atoms with Crippen molar-refractivity contribution in [1.29, 1.82) is 0 Å². The molecule has 1 saturated heterocycles. The van der Waals surface area contributed by atoms with Crippen molar-refractivity contribution in [3.63, 3.8) is 0 Å². The molecule has 1 heterocycles. The minimum absolute atomic E-state index is 0.0383. The van der Waals surface area contributed by atoms with Crippen molar-refractivity contribution in [3.8, 4) is 0 Å². The van der Waals surface area contributed by atoms with E-state index in [2.05, 4.69) is 12.2 Å². The van der Waals surface area contributed by atoms with E-state index in [-0.39, 0.29) is 12.1 Å². The quantitative estimate of drug-likeness (QED) is 0.921. The van der Waals surface area contributed by atoms with Crippen LogP contribution in [0.4, 0.5) is 0 Å². The average molecular weight is 279 g/mol. The maximum absolute atomic E-state index is 12.6. The smallest absolute Gasteiger partial charge is 0.244 e. The first kappa shape index (κ1) is 12.9. The molecule has 4 heteroatoms. The lowest BCUT2D eigenvalue weighted by Gasteiger charge is -2.24. The minimum Gasteiger partial charge on any atom is -0.318 e. The van der Waals surface area contributed by atoms with E-state index in [9.17, 15) is 4.79 Å². The Bertz CT molecular complexity index is 515. The number of nitrogens with zero attached hydrogens (tertiary/aromatic N) is 1. The van der Waals surface area contributed by atoms with Crippen LogP contribution in [0, 0.1) is 0 Å². The van der Waals surface area contributed by atoms with Gasteiger partial charge in [-0.25, -0.2) is 0 Å². The van der Waals surface area contributed by atoms with Crippen molar-refractivity contribution in [1.82, 2.24) is 10.2 Å². The maximum atomic E-state index is 12.6. The molecule has 3 nitrogen and oxygen atoms in total. The van der Waals surface area contributed by atoms with Crippen LogP contribution >= 0.6 is 11.6 Å². The summed E-state index contributed by atoms with van der Waals surface area (Å²) in [5.74, 6) is 0.225. The zero-order valence-electron chi connectivity index (χ0n) is 11.3. The predicted octanol–water partition coefficient (Wildman–Crippen LogP) is 3.10. The van der Waals surface area contributed by atoms with Crippen LogP contribution in [0.1, 0.15) is 44.8 Å². The van der Waals surface area contributed by atoms with Crippen molar-refractivity contribution in [2.24, 2.45) is 0 Å². The van der Waals surface area contributed by atoms with Crippen molar-refractivity contribution in [2.45, 2.75) is 50.9 Å². The number of carbonyl (C=O) groups excluding carboxylic acids is 1. The lowest BCUT2D eigenvalue weighted by atomic mass is 9.99. The topological polar surface area (TPSA) is 32.3 Å². The number of hydrogen-bond acceptors (Lipinski definition) is 2. The Kier molecular flexibility index (Phi) is 3.06. The monoisotopic (exact) mass is 278 g/mol. The number of carbonyl (C=O) groups is 1. The van der Waals surface area contributed by atoms with Crippen LogP contribution < -0.4 is 5.32 Å². The van der Waals surface area contributed by atoms with Gasteiger partial charge in [-0.2, -0.15) is 0 Å². The molecule has 2 unspecified atom stereocenters. The molecule has 2 atom stereocenters. The van der Waals surface area contributed by atoms with Gasteiger partial charge in [-0.3, -0.25) is 10.1 Å². The highest BCUT2D eigenvalue weighted by atomic mass is 35.5. The maximum Gasteiger partial charge on any atom is 0.244 e. The molecule has 3 rings (SSSR count). The molecular formula is C15H19ClN2O.